The number of hydrogen-bond acceptors (Lipinski definition) is 8. The molecule has 3 aromatic heterocycles. The molecule has 4 aromatic rings. The molecule has 1 atom stereocenters. The van der Waals surface area contributed by atoms with Crippen LogP contribution in [-0.2, 0) is 0 Å². The van der Waals surface area contributed by atoms with E-state index in [4.69, 9.17) is 9.47 Å². The zero-order chi connectivity index (χ0) is 28.2. The van der Waals surface area contributed by atoms with Crippen LogP contribution in [0.3, 0.4) is 0 Å². The smallest absolute Gasteiger partial charge is 0.326 e. The third-order valence-corrected chi connectivity index (χ3v) is 6.47. The Labute approximate surface area is 230 Å². The summed E-state index contributed by atoms with van der Waals surface area (Å²) in [4.78, 5) is 23.7. The fourth-order valence-corrected chi connectivity index (χ4v) is 4.47. The monoisotopic (exact) mass is 546 g/mol. The molecule has 1 aromatic carbocycles. The molecule has 3 N–H and O–H groups in total. The van der Waals surface area contributed by atoms with Gasteiger partial charge in [0.1, 0.15) is 29.7 Å². The minimum Gasteiger partial charge on any atom is -0.474 e. The van der Waals surface area contributed by atoms with Crippen molar-refractivity contribution in [3.8, 4) is 28.6 Å². The highest BCUT2D eigenvalue weighted by molar-refractivity contribution is 6.01. The molecule has 5 rings (SSSR count). The number of nitrogens with one attached hydrogen (secondary N) is 1. The fraction of sp³-hybridized carbons (Fsp3) is 0.241. The third-order valence-electron chi connectivity index (χ3n) is 6.47. The number of aromatic nitrogens is 3. The van der Waals surface area contributed by atoms with E-state index in [0.717, 1.165) is 4.73 Å². The molecule has 0 saturated heterocycles. The van der Waals surface area contributed by atoms with E-state index in [1.54, 1.807) is 37.4 Å². The molecule has 0 bridgehead atoms. The van der Waals surface area contributed by atoms with E-state index in [1.807, 2.05) is 6.92 Å². The molecular weight excluding hydrogens is 517 g/mol. The van der Waals surface area contributed by atoms with Crippen LogP contribution in [0.2, 0.25) is 0 Å². The first-order chi connectivity index (χ1) is 19.3. The van der Waals surface area contributed by atoms with Crippen molar-refractivity contribution in [3.63, 3.8) is 0 Å². The van der Waals surface area contributed by atoms with Crippen molar-refractivity contribution in [1.82, 2.24) is 9.97 Å². The molecule has 40 heavy (non-hydrogen) atoms. The van der Waals surface area contributed by atoms with Crippen LogP contribution in [0.4, 0.5) is 15.9 Å². The highest BCUT2D eigenvalue weighted by atomic mass is 19.1. The van der Waals surface area contributed by atoms with E-state index in [9.17, 15) is 19.5 Å². The fourth-order valence-electron chi connectivity index (χ4n) is 4.47. The Balaban J connectivity index is 1.32. The highest BCUT2D eigenvalue weighted by Gasteiger charge is 2.28. The van der Waals surface area contributed by atoms with Crippen molar-refractivity contribution in [2.45, 2.75) is 13.8 Å². The van der Waals surface area contributed by atoms with Gasteiger partial charge in [-0.1, -0.05) is 6.92 Å². The van der Waals surface area contributed by atoms with E-state index in [0.29, 0.717) is 59.6 Å². The number of benzene rings is 1. The van der Waals surface area contributed by atoms with Crippen LogP contribution in [0.25, 0.3) is 11.3 Å². The molecule has 0 unspecified atom stereocenters. The van der Waals surface area contributed by atoms with Gasteiger partial charge in [-0.3, -0.25) is 10.0 Å². The quantitative estimate of drug-likeness (QED) is 0.224. The topological polar surface area (TPSA) is 121 Å². The van der Waals surface area contributed by atoms with Crippen molar-refractivity contribution < 1.29 is 33.7 Å². The lowest BCUT2D eigenvalue weighted by molar-refractivity contribution is -0.897. The van der Waals surface area contributed by atoms with Gasteiger partial charge in [-0.15, -0.1) is 0 Å². The second-order valence-corrected chi connectivity index (χ2v) is 9.55. The Kier molecular flexibility index (Phi) is 7.74. The zero-order valence-corrected chi connectivity index (χ0v) is 22.0. The normalized spacial score (nSPS) is 13.2. The number of aliphatic hydroxyl groups excluding tert-OH is 1. The maximum Gasteiger partial charge on any atom is 0.326 e. The molecular formula is C29H29FN5O5+. The molecule has 1 aliphatic rings. The number of fused-ring (bicyclic) bond motifs is 1. The van der Waals surface area contributed by atoms with Gasteiger partial charge in [0.2, 0.25) is 5.88 Å². The van der Waals surface area contributed by atoms with E-state index >= 15 is 0 Å². The van der Waals surface area contributed by atoms with Gasteiger partial charge in [0.25, 0.3) is 5.69 Å². The van der Waals surface area contributed by atoms with Gasteiger partial charge in [0.15, 0.2) is 5.75 Å². The molecule has 206 valence electrons. The van der Waals surface area contributed by atoms with Crippen molar-refractivity contribution in [2.75, 3.05) is 36.5 Å². The summed E-state index contributed by atoms with van der Waals surface area (Å²) in [5.41, 5.74) is 2.32. The first-order valence-corrected chi connectivity index (χ1v) is 12.8. The number of carbonyl (C=O) groups excluding carboxylic acids is 1. The molecule has 11 heteroatoms. The molecule has 1 aliphatic heterocycles. The van der Waals surface area contributed by atoms with Gasteiger partial charge >= 0.3 is 11.6 Å². The summed E-state index contributed by atoms with van der Waals surface area (Å²) >= 11 is 0. The van der Waals surface area contributed by atoms with Gasteiger partial charge in [0.05, 0.1) is 18.3 Å². The van der Waals surface area contributed by atoms with E-state index in [-0.39, 0.29) is 24.0 Å². The minimum absolute atomic E-state index is 0.0207. The predicted molar refractivity (Wildman–Crippen MR) is 144 cm³/mol. The lowest BCUT2D eigenvalue weighted by Crippen LogP contribution is -2.42. The first-order valence-electron chi connectivity index (χ1n) is 12.8. The van der Waals surface area contributed by atoms with Crippen LogP contribution in [0.15, 0.2) is 67.0 Å². The molecule has 4 heterocycles. The predicted octanol–water partition coefficient (Wildman–Crippen LogP) is 3.99. The maximum atomic E-state index is 13.4. The Morgan fingerprint density at radius 2 is 1.98 bits per heavy atom. The van der Waals surface area contributed by atoms with Gasteiger partial charge in [0, 0.05) is 41.8 Å². The van der Waals surface area contributed by atoms with Crippen LogP contribution < -0.4 is 24.4 Å². The summed E-state index contributed by atoms with van der Waals surface area (Å²) < 4.78 is 26.0. The zero-order valence-electron chi connectivity index (χ0n) is 22.0. The van der Waals surface area contributed by atoms with Crippen molar-refractivity contribution in [1.29, 1.82) is 0 Å². The molecule has 0 spiro atoms. The van der Waals surface area contributed by atoms with Crippen molar-refractivity contribution in [3.05, 3.63) is 84.1 Å². The minimum atomic E-state index is -0.582. The molecule has 0 radical (unpaired) electrons. The Hall–Kier alpha value is -4.77. The third kappa shape index (κ3) is 5.64. The lowest BCUT2D eigenvalue weighted by Gasteiger charge is -2.33. The second-order valence-electron chi connectivity index (χ2n) is 9.55. The summed E-state index contributed by atoms with van der Waals surface area (Å²) in [6.07, 6.45) is 3.07. The number of anilines is 2. The van der Waals surface area contributed by atoms with Gasteiger partial charge < -0.3 is 24.8 Å². The number of halogens is 1. The number of ether oxygens (including phenoxy) is 2. The number of hydrogen-bond donors (Lipinski definition) is 3. The summed E-state index contributed by atoms with van der Waals surface area (Å²) in [6, 6.07) is 13.8. The Bertz CT molecular complexity index is 1510. The summed E-state index contributed by atoms with van der Waals surface area (Å²) in [5, 5.41) is 23.0. The maximum absolute atomic E-state index is 13.4. The SMILES string of the molecule is Cc1ccc(C(=O)Nc2ccc(Oc3ccnc4c3N(C[C@H](C)CO)CCO4)cn2)[n+](O)c1-c1ccc(F)cc1. The molecule has 0 fully saturated rings. The van der Waals surface area contributed by atoms with Crippen molar-refractivity contribution in [2.24, 2.45) is 5.92 Å². The molecule has 0 aliphatic carbocycles. The average molecular weight is 547 g/mol. The van der Waals surface area contributed by atoms with E-state index in [1.165, 1.54) is 36.5 Å². The first kappa shape index (κ1) is 26.8. The van der Waals surface area contributed by atoms with Crippen LogP contribution in [0.5, 0.6) is 17.4 Å². The van der Waals surface area contributed by atoms with E-state index < -0.39 is 11.7 Å². The number of nitrogens with zero attached hydrogens (tertiary/aromatic N) is 4. The number of amides is 1. The van der Waals surface area contributed by atoms with Crippen molar-refractivity contribution >= 4 is 17.4 Å². The highest BCUT2D eigenvalue weighted by Crippen LogP contribution is 2.40. The van der Waals surface area contributed by atoms with Crippen LogP contribution in [-0.4, -0.2) is 52.5 Å². The summed E-state index contributed by atoms with van der Waals surface area (Å²) in [6.45, 7) is 5.54. The second kappa shape index (κ2) is 11.5. The molecule has 0 saturated carbocycles. The van der Waals surface area contributed by atoms with Gasteiger partial charge in [-0.05, 0) is 55.3 Å². The average Bonchev–Trinajstić information content (AvgIpc) is 2.95. The summed E-state index contributed by atoms with van der Waals surface area (Å²) in [7, 11) is 0. The number of carbonyl (C=O) groups is 1. The van der Waals surface area contributed by atoms with Crippen LogP contribution in [0, 0.1) is 18.7 Å². The number of rotatable bonds is 8. The molecule has 1 amide bonds. The van der Waals surface area contributed by atoms with Crippen LogP contribution >= 0.6 is 0 Å². The summed E-state index contributed by atoms with van der Waals surface area (Å²) in [5.74, 6) is 0.744. The van der Waals surface area contributed by atoms with Gasteiger partial charge in [-0.2, -0.15) is 0 Å². The van der Waals surface area contributed by atoms with E-state index in [2.05, 4.69) is 20.2 Å². The Morgan fingerprint density at radius 3 is 2.70 bits per heavy atom. The van der Waals surface area contributed by atoms with Crippen LogP contribution in [0.1, 0.15) is 23.0 Å². The standard InChI is InChI=1S/C29H28FN5O5/c1-18(17-36)16-34-13-14-39-29-27(34)24(11-12-31-29)40-22-8-10-25(32-15-22)33-28(37)23-9-3-19(2)26(35(23)38)20-4-6-21(30)7-5-20/h3-12,15,18,36H,13-14,16-17H2,1-2H3,(H-,32,33,37,38)/p+1/t18-/m0/s1. The lowest BCUT2D eigenvalue weighted by atomic mass is 10.1. The largest absolute Gasteiger partial charge is 0.474 e. The number of aliphatic hydroxyl groups is 1. The number of pyridine rings is 3. The van der Waals surface area contributed by atoms with Gasteiger partial charge in [-0.25, -0.2) is 14.4 Å². The Morgan fingerprint density at radius 1 is 1.18 bits per heavy atom. The number of aryl methyl sites for hydroxylation is 1. The molecule has 10 nitrogen and oxygen atoms in total.